The molecular weight excluding hydrogens is 327 g/mol. The largest absolute Gasteiger partial charge is 1.00 e. The van der Waals surface area contributed by atoms with E-state index in [9.17, 15) is 18.0 Å². The minimum Gasteiger partial charge on any atom is -0.481 e. The molecule has 2 unspecified atom stereocenters. The maximum absolute atomic E-state index is 10.8. The Morgan fingerprint density at radius 1 is 1.38 bits per heavy atom. The van der Waals surface area contributed by atoms with Gasteiger partial charge in [0.25, 0.3) is 0 Å². The van der Waals surface area contributed by atoms with Gasteiger partial charge in [0, 0.05) is 6.08 Å². The first-order valence-corrected chi connectivity index (χ1v) is 7.38. The normalized spacial score (nSPS) is 13.4. The monoisotopic (exact) mass is 348 g/mol. The van der Waals surface area contributed by atoms with Gasteiger partial charge in [-0.25, -0.2) is 13.2 Å². The standard InChI is InChI=1S/C9H14O4.C3H7O3S.K/c1-3-5-8(10)13-6-7(4-2)9(11)12;1-3(2)7(4,5)6;/h3,5,7H,4,6H2,1-2H3,(H,11,12);3H,1H2,2H3,(H,4,5,6);/q;-1;+1. The Hall–Kier alpha value is 0.226. The third-order valence-electron chi connectivity index (χ3n) is 2.08. The van der Waals surface area contributed by atoms with Crippen molar-refractivity contribution in [2.45, 2.75) is 32.4 Å². The third-order valence-corrected chi connectivity index (χ3v) is 3.10. The number of carbonyl (C=O) groups is 2. The predicted octanol–water partition coefficient (Wildman–Crippen LogP) is -1.68. The number of hydrogen-bond acceptors (Lipinski definition) is 5. The van der Waals surface area contributed by atoms with E-state index in [4.69, 9.17) is 14.4 Å². The average molecular weight is 348 g/mol. The van der Waals surface area contributed by atoms with Crippen molar-refractivity contribution in [2.24, 2.45) is 5.92 Å². The van der Waals surface area contributed by atoms with Crippen LogP contribution in [0.2, 0.25) is 0 Å². The zero-order valence-corrected chi connectivity index (χ0v) is 16.7. The van der Waals surface area contributed by atoms with Crippen LogP contribution in [0.1, 0.15) is 27.2 Å². The van der Waals surface area contributed by atoms with Crippen LogP contribution in [0, 0.1) is 12.8 Å². The molecule has 0 fully saturated rings. The van der Waals surface area contributed by atoms with Gasteiger partial charge in [-0.15, -0.1) is 0 Å². The SMILES string of the molecule is CC=CC(=O)OCC(CC)C(=O)O.[CH2-]C(C)S(=O)(=O)O.[K+]. The van der Waals surface area contributed by atoms with Gasteiger partial charge >= 0.3 is 63.3 Å². The fraction of sp³-hybridized carbons (Fsp3) is 0.583. The molecule has 0 aliphatic carbocycles. The minimum absolute atomic E-state index is 0. The summed E-state index contributed by atoms with van der Waals surface area (Å²) in [5.74, 6) is -2.04. The van der Waals surface area contributed by atoms with Gasteiger partial charge in [0.2, 0.25) is 10.1 Å². The summed E-state index contributed by atoms with van der Waals surface area (Å²) in [5.41, 5.74) is 0. The molecule has 0 aromatic rings. The molecule has 2 N–H and O–H groups in total. The second-order valence-electron chi connectivity index (χ2n) is 3.90. The molecule has 0 bridgehead atoms. The molecule has 0 amide bonds. The van der Waals surface area contributed by atoms with Crippen LogP contribution in [-0.4, -0.2) is 41.9 Å². The summed E-state index contributed by atoms with van der Waals surface area (Å²) in [5, 5.41) is 7.68. The van der Waals surface area contributed by atoms with Crippen molar-refractivity contribution in [1.29, 1.82) is 0 Å². The van der Waals surface area contributed by atoms with Crippen LogP contribution in [0.3, 0.4) is 0 Å². The Morgan fingerprint density at radius 2 is 1.81 bits per heavy atom. The summed E-state index contributed by atoms with van der Waals surface area (Å²) >= 11 is 0. The first kappa shape index (κ1) is 26.1. The Kier molecular flexibility index (Phi) is 17.3. The second kappa shape index (κ2) is 13.9. The summed E-state index contributed by atoms with van der Waals surface area (Å²) in [7, 11) is -3.85. The molecule has 0 aliphatic rings. The molecule has 0 aliphatic heterocycles. The number of carbonyl (C=O) groups excluding carboxylic acids is 1. The summed E-state index contributed by atoms with van der Waals surface area (Å²) in [4.78, 5) is 21.3. The van der Waals surface area contributed by atoms with E-state index in [1.165, 1.54) is 13.0 Å². The van der Waals surface area contributed by atoms with Crippen molar-refractivity contribution in [2.75, 3.05) is 6.61 Å². The molecule has 0 saturated carbocycles. The molecule has 2 atom stereocenters. The number of hydrogen-bond donors (Lipinski definition) is 2. The van der Waals surface area contributed by atoms with Crippen molar-refractivity contribution in [3.05, 3.63) is 19.1 Å². The van der Waals surface area contributed by atoms with Crippen molar-refractivity contribution in [3.63, 3.8) is 0 Å². The Balaban J connectivity index is -0.000000347. The summed E-state index contributed by atoms with van der Waals surface area (Å²) < 4.78 is 32.3. The van der Waals surface area contributed by atoms with Gasteiger partial charge in [0.1, 0.15) is 6.61 Å². The van der Waals surface area contributed by atoms with Gasteiger partial charge in [-0.05, 0) is 18.6 Å². The molecule has 0 spiro atoms. The van der Waals surface area contributed by atoms with E-state index in [0.717, 1.165) is 0 Å². The van der Waals surface area contributed by atoms with Crippen LogP contribution in [0.25, 0.3) is 0 Å². The molecule has 118 valence electrons. The smallest absolute Gasteiger partial charge is 0.481 e. The van der Waals surface area contributed by atoms with Crippen molar-refractivity contribution >= 4 is 22.1 Å². The molecule has 0 aromatic heterocycles. The van der Waals surface area contributed by atoms with Gasteiger partial charge in [0.05, 0.1) is 5.92 Å². The first-order valence-electron chi connectivity index (χ1n) is 5.87. The van der Waals surface area contributed by atoms with E-state index in [0.29, 0.717) is 6.42 Å². The first-order chi connectivity index (χ1) is 9.06. The topological polar surface area (TPSA) is 118 Å². The average Bonchev–Trinajstić information content (AvgIpc) is 2.29. The predicted molar refractivity (Wildman–Crippen MR) is 73.6 cm³/mol. The minimum atomic E-state index is -3.85. The fourth-order valence-electron chi connectivity index (χ4n) is 0.731. The molecule has 0 saturated heterocycles. The van der Waals surface area contributed by atoms with E-state index in [-0.39, 0.29) is 58.0 Å². The number of aliphatic carboxylic acids is 1. The van der Waals surface area contributed by atoms with Gasteiger partial charge in [-0.2, -0.15) is 0 Å². The van der Waals surface area contributed by atoms with Crippen LogP contribution in [0.4, 0.5) is 0 Å². The Labute approximate surface area is 168 Å². The summed E-state index contributed by atoms with van der Waals surface area (Å²) in [6.45, 7) is 7.74. The van der Waals surface area contributed by atoms with Crippen LogP contribution < -0.4 is 51.4 Å². The van der Waals surface area contributed by atoms with E-state index in [2.05, 4.69) is 6.92 Å². The van der Waals surface area contributed by atoms with Gasteiger partial charge < -0.3 is 16.8 Å². The second-order valence-corrected chi connectivity index (χ2v) is 5.73. The fourth-order valence-corrected chi connectivity index (χ4v) is 0.731. The van der Waals surface area contributed by atoms with E-state index in [1.54, 1.807) is 19.9 Å². The zero-order valence-electron chi connectivity index (χ0n) is 12.8. The molecule has 0 radical (unpaired) electrons. The molecule has 7 nitrogen and oxygen atoms in total. The number of ether oxygens (including phenoxy) is 1. The van der Waals surface area contributed by atoms with Crippen molar-refractivity contribution in [1.82, 2.24) is 0 Å². The van der Waals surface area contributed by atoms with E-state index < -0.39 is 33.2 Å². The number of carboxylic acid groups (broad SMARTS) is 1. The van der Waals surface area contributed by atoms with Crippen molar-refractivity contribution in [3.8, 4) is 0 Å². The van der Waals surface area contributed by atoms with Gasteiger partial charge in [0.15, 0.2) is 0 Å². The summed E-state index contributed by atoms with van der Waals surface area (Å²) in [6, 6.07) is 0. The maximum atomic E-state index is 10.8. The van der Waals surface area contributed by atoms with Crippen LogP contribution in [-0.2, 0) is 24.4 Å². The zero-order chi connectivity index (χ0) is 16.3. The number of rotatable bonds is 6. The van der Waals surface area contributed by atoms with E-state index >= 15 is 0 Å². The van der Waals surface area contributed by atoms with Gasteiger partial charge in [-0.1, -0.05) is 19.9 Å². The molecule has 0 heterocycles. The quantitative estimate of drug-likeness (QED) is 0.193. The molecular formula is C12H21KO7S. The van der Waals surface area contributed by atoms with Crippen LogP contribution in [0.15, 0.2) is 12.2 Å². The van der Waals surface area contributed by atoms with E-state index in [1.807, 2.05) is 0 Å². The number of allylic oxidation sites excluding steroid dienone is 1. The molecule has 9 heteroatoms. The summed E-state index contributed by atoms with van der Waals surface area (Å²) in [6.07, 6.45) is 3.26. The Bertz CT molecular complexity index is 429. The molecule has 0 rings (SSSR count). The molecule has 21 heavy (non-hydrogen) atoms. The van der Waals surface area contributed by atoms with Crippen molar-refractivity contribution < 1.29 is 83.8 Å². The number of esters is 1. The molecule has 0 aromatic carbocycles. The van der Waals surface area contributed by atoms with Gasteiger partial charge in [-0.3, -0.25) is 9.35 Å². The van der Waals surface area contributed by atoms with Crippen LogP contribution in [0.5, 0.6) is 0 Å². The van der Waals surface area contributed by atoms with Crippen LogP contribution >= 0.6 is 0 Å². The Morgan fingerprint density at radius 3 is 2.05 bits per heavy atom. The number of carboxylic acids is 1. The third kappa shape index (κ3) is 16.4. The maximum Gasteiger partial charge on any atom is 1.00 e.